The maximum absolute atomic E-state index is 11.7. The van der Waals surface area contributed by atoms with Crippen LogP contribution in [0.2, 0.25) is 0 Å². The van der Waals surface area contributed by atoms with Crippen LogP contribution in [0.4, 0.5) is 5.69 Å². The molecule has 0 aliphatic heterocycles. The van der Waals surface area contributed by atoms with Crippen LogP contribution in [0.3, 0.4) is 0 Å². The number of ketones is 1. The van der Waals surface area contributed by atoms with Gasteiger partial charge in [0.2, 0.25) is 0 Å². The van der Waals surface area contributed by atoms with Crippen molar-refractivity contribution in [1.29, 1.82) is 0 Å². The van der Waals surface area contributed by atoms with E-state index in [0.29, 0.717) is 18.3 Å². The van der Waals surface area contributed by atoms with Gasteiger partial charge in [0, 0.05) is 23.6 Å². The van der Waals surface area contributed by atoms with E-state index in [1.165, 1.54) is 0 Å². The van der Waals surface area contributed by atoms with E-state index in [4.69, 9.17) is 4.52 Å². The summed E-state index contributed by atoms with van der Waals surface area (Å²) in [4.78, 5) is 20.2. The maximum atomic E-state index is 11.7. The lowest BCUT2D eigenvalue weighted by Crippen LogP contribution is -2.05. The molecule has 128 valence electrons. The van der Waals surface area contributed by atoms with Crippen molar-refractivity contribution in [3.63, 3.8) is 0 Å². The normalized spacial score (nSPS) is 10.7. The molecule has 3 aromatic rings. The van der Waals surface area contributed by atoms with E-state index in [9.17, 15) is 4.79 Å². The molecule has 2 aromatic heterocycles. The standard InChI is InChI=1S/C19H20N4O2/c1-11-5-15(9-20-8-11)19-22-17(23-25-19)10-21-16-6-12(2)18(14(4)24)13(3)7-16/h5-9,21H,10H2,1-4H3. The first-order valence-electron chi connectivity index (χ1n) is 8.04. The topological polar surface area (TPSA) is 80.9 Å². The molecule has 0 atom stereocenters. The zero-order valence-corrected chi connectivity index (χ0v) is 14.8. The van der Waals surface area contributed by atoms with Crippen molar-refractivity contribution in [3.8, 4) is 11.5 Å². The zero-order chi connectivity index (χ0) is 18.0. The van der Waals surface area contributed by atoms with Gasteiger partial charge in [-0.2, -0.15) is 4.98 Å². The number of hydrogen-bond donors (Lipinski definition) is 1. The molecule has 6 nitrogen and oxygen atoms in total. The molecular weight excluding hydrogens is 316 g/mol. The van der Waals surface area contributed by atoms with Crippen LogP contribution in [0.15, 0.2) is 35.1 Å². The third kappa shape index (κ3) is 3.74. The lowest BCUT2D eigenvalue weighted by molar-refractivity contribution is 0.101. The summed E-state index contributed by atoms with van der Waals surface area (Å²) in [6, 6.07) is 5.86. The first-order valence-corrected chi connectivity index (χ1v) is 8.04. The number of anilines is 1. The van der Waals surface area contributed by atoms with Crippen LogP contribution >= 0.6 is 0 Å². The molecule has 0 unspecified atom stereocenters. The molecule has 0 spiro atoms. The number of carbonyl (C=O) groups is 1. The Kier molecular flexibility index (Phi) is 4.61. The van der Waals surface area contributed by atoms with Crippen LogP contribution in [-0.4, -0.2) is 20.9 Å². The maximum Gasteiger partial charge on any atom is 0.259 e. The Morgan fingerprint density at radius 2 is 1.84 bits per heavy atom. The number of carbonyl (C=O) groups excluding carboxylic acids is 1. The van der Waals surface area contributed by atoms with Crippen molar-refractivity contribution in [2.24, 2.45) is 0 Å². The van der Waals surface area contributed by atoms with Gasteiger partial charge in [-0.25, -0.2) is 0 Å². The first-order chi connectivity index (χ1) is 11.9. The molecule has 0 saturated carbocycles. The van der Waals surface area contributed by atoms with Crippen molar-refractivity contribution in [3.05, 3.63) is 58.7 Å². The Balaban J connectivity index is 1.74. The van der Waals surface area contributed by atoms with Crippen molar-refractivity contribution in [2.45, 2.75) is 34.2 Å². The van der Waals surface area contributed by atoms with E-state index in [1.54, 1.807) is 19.3 Å². The minimum Gasteiger partial charge on any atom is -0.378 e. The molecule has 0 bridgehead atoms. The lowest BCUT2D eigenvalue weighted by atomic mass is 9.99. The zero-order valence-electron chi connectivity index (χ0n) is 14.8. The van der Waals surface area contributed by atoms with E-state index in [-0.39, 0.29) is 5.78 Å². The second-order valence-corrected chi connectivity index (χ2v) is 6.16. The second-order valence-electron chi connectivity index (χ2n) is 6.16. The molecule has 1 N–H and O–H groups in total. The van der Waals surface area contributed by atoms with Crippen LogP contribution in [0.1, 0.15) is 39.8 Å². The number of nitrogens with one attached hydrogen (secondary N) is 1. The first kappa shape index (κ1) is 16.8. The minimum atomic E-state index is 0.0797. The van der Waals surface area contributed by atoms with Crippen LogP contribution in [0.25, 0.3) is 11.5 Å². The molecule has 0 saturated heterocycles. The number of aryl methyl sites for hydroxylation is 3. The minimum absolute atomic E-state index is 0.0797. The molecule has 3 rings (SSSR count). The summed E-state index contributed by atoms with van der Waals surface area (Å²) in [6.45, 7) is 7.85. The highest BCUT2D eigenvalue weighted by Gasteiger charge is 2.11. The average Bonchev–Trinajstić information content (AvgIpc) is 3.01. The Labute approximate surface area is 146 Å². The summed E-state index contributed by atoms with van der Waals surface area (Å²) in [7, 11) is 0. The fourth-order valence-corrected chi connectivity index (χ4v) is 2.92. The van der Waals surface area contributed by atoms with Crippen molar-refractivity contribution < 1.29 is 9.32 Å². The highest BCUT2D eigenvalue weighted by Crippen LogP contribution is 2.22. The van der Waals surface area contributed by atoms with Crippen molar-refractivity contribution in [2.75, 3.05) is 5.32 Å². The van der Waals surface area contributed by atoms with Gasteiger partial charge in [-0.05, 0) is 62.6 Å². The van der Waals surface area contributed by atoms with Crippen molar-refractivity contribution in [1.82, 2.24) is 15.1 Å². The van der Waals surface area contributed by atoms with E-state index in [2.05, 4.69) is 20.4 Å². The third-order valence-corrected chi connectivity index (χ3v) is 3.93. The monoisotopic (exact) mass is 336 g/mol. The molecule has 0 aliphatic carbocycles. The summed E-state index contributed by atoms with van der Waals surface area (Å²) in [5, 5.41) is 7.27. The van der Waals surface area contributed by atoms with Crippen molar-refractivity contribution >= 4 is 11.5 Å². The highest BCUT2D eigenvalue weighted by atomic mass is 16.5. The van der Waals surface area contributed by atoms with Gasteiger partial charge >= 0.3 is 0 Å². The largest absolute Gasteiger partial charge is 0.378 e. The number of hydrogen-bond acceptors (Lipinski definition) is 6. The Bertz CT molecular complexity index is 908. The Morgan fingerprint density at radius 1 is 1.12 bits per heavy atom. The predicted octanol–water partition coefficient (Wildman–Crippen LogP) is 3.87. The summed E-state index contributed by atoms with van der Waals surface area (Å²) < 4.78 is 5.31. The van der Waals surface area contributed by atoms with Gasteiger partial charge < -0.3 is 9.84 Å². The fraction of sp³-hybridized carbons (Fsp3) is 0.263. The highest BCUT2D eigenvalue weighted by molar-refractivity contribution is 5.97. The number of benzene rings is 1. The van der Waals surface area contributed by atoms with Gasteiger partial charge in [-0.1, -0.05) is 5.16 Å². The Hall–Kier alpha value is -3.02. The molecule has 0 aliphatic rings. The van der Waals surface area contributed by atoms with E-state index < -0.39 is 0 Å². The number of aromatic nitrogens is 3. The van der Waals surface area contributed by atoms with Crippen LogP contribution in [0, 0.1) is 20.8 Å². The number of rotatable bonds is 5. The van der Waals surface area contributed by atoms with Gasteiger partial charge in [0.25, 0.3) is 5.89 Å². The molecular formula is C19H20N4O2. The lowest BCUT2D eigenvalue weighted by Gasteiger charge is -2.11. The predicted molar refractivity (Wildman–Crippen MR) is 95.5 cm³/mol. The number of Topliss-reactive ketones (excluding diaryl/α,β-unsaturated/α-hetero) is 1. The molecule has 0 fully saturated rings. The van der Waals surface area contributed by atoms with E-state index >= 15 is 0 Å². The number of pyridine rings is 1. The number of nitrogens with zero attached hydrogens (tertiary/aromatic N) is 3. The van der Waals surface area contributed by atoms with Crippen LogP contribution in [-0.2, 0) is 6.54 Å². The van der Waals surface area contributed by atoms with Gasteiger partial charge in [0.05, 0.1) is 12.1 Å². The third-order valence-electron chi connectivity index (χ3n) is 3.93. The molecule has 1 aromatic carbocycles. The van der Waals surface area contributed by atoms with E-state index in [1.807, 2.05) is 39.0 Å². The van der Waals surface area contributed by atoms with E-state index in [0.717, 1.165) is 33.5 Å². The summed E-state index contributed by atoms with van der Waals surface area (Å²) >= 11 is 0. The Morgan fingerprint density at radius 3 is 2.48 bits per heavy atom. The molecule has 0 amide bonds. The van der Waals surface area contributed by atoms with Gasteiger partial charge in [-0.15, -0.1) is 0 Å². The van der Waals surface area contributed by atoms with Crippen LogP contribution < -0.4 is 5.32 Å². The summed E-state index contributed by atoms with van der Waals surface area (Å²) in [6.07, 6.45) is 3.47. The SMILES string of the molecule is CC(=O)c1c(C)cc(NCc2noc(-c3cncc(C)c3)n2)cc1C. The quantitative estimate of drug-likeness (QED) is 0.712. The smallest absolute Gasteiger partial charge is 0.259 e. The van der Waals surface area contributed by atoms with Gasteiger partial charge in [0.15, 0.2) is 11.6 Å². The van der Waals surface area contributed by atoms with Gasteiger partial charge in [-0.3, -0.25) is 9.78 Å². The molecule has 25 heavy (non-hydrogen) atoms. The molecule has 0 radical (unpaired) electrons. The fourth-order valence-electron chi connectivity index (χ4n) is 2.92. The molecule has 6 heteroatoms. The second kappa shape index (κ2) is 6.84. The summed E-state index contributed by atoms with van der Waals surface area (Å²) in [5.41, 5.74) is 5.44. The summed E-state index contributed by atoms with van der Waals surface area (Å²) in [5.74, 6) is 1.09. The average molecular weight is 336 g/mol. The van der Waals surface area contributed by atoms with Gasteiger partial charge in [0.1, 0.15) is 0 Å². The molecule has 2 heterocycles. The van der Waals surface area contributed by atoms with Crippen LogP contribution in [0.5, 0.6) is 0 Å².